The van der Waals surface area contributed by atoms with Crippen molar-refractivity contribution in [2.45, 2.75) is 58.2 Å². The van der Waals surface area contributed by atoms with Crippen LogP contribution >= 0.6 is 0 Å². The van der Waals surface area contributed by atoms with E-state index in [1.165, 1.54) is 12.1 Å². The van der Waals surface area contributed by atoms with E-state index in [0.29, 0.717) is 11.8 Å². The van der Waals surface area contributed by atoms with Gasteiger partial charge in [0.15, 0.2) is 0 Å². The Hall–Kier alpha value is -1.98. The first-order chi connectivity index (χ1) is 12.8. The molecule has 0 spiro atoms. The van der Waals surface area contributed by atoms with E-state index in [2.05, 4.69) is 13.8 Å². The molecule has 148 valence electrons. The lowest BCUT2D eigenvalue weighted by Gasteiger charge is -2.17. The van der Waals surface area contributed by atoms with Crippen molar-refractivity contribution in [3.63, 3.8) is 0 Å². The van der Waals surface area contributed by atoms with Gasteiger partial charge < -0.3 is 15.3 Å². The Balaban J connectivity index is 2.26. The van der Waals surface area contributed by atoms with Crippen LogP contribution in [0.2, 0.25) is 0 Å². The van der Waals surface area contributed by atoms with Crippen molar-refractivity contribution in [1.82, 2.24) is 0 Å². The Morgan fingerprint density at radius 2 is 1.89 bits per heavy atom. The summed E-state index contributed by atoms with van der Waals surface area (Å²) in [7, 11) is 0. The summed E-state index contributed by atoms with van der Waals surface area (Å²) < 4.78 is 13.3. The van der Waals surface area contributed by atoms with Gasteiger partial charge in [-0.3, -0.25) is 4.79 Å². The van der Waals surface area contributed by atoms with Crippen LogP contribution in [-0.2, 0) is 4.79 Å². The van der Waals surface area contributed by atoms with E-state index < -0.39 is 18.2 Å². The highest BCUT2D eigenvalue weighted by Gasteiger charge is 2.21. The molecule has 0 aromatic heterocycles. The molecule has 1 aromatic rings. The number of allylic oxidation sites excluding steroid dienone is 3. The molecule has 4 nitrogen and oxygen atoms in total. The topological polar surface area (TPSA) is 77.8 Å². The summed E-state index contributed by atoms with van der Waals surface area (Å²) in [4.78, 5) is 10.6. The van der Waals surface area contributed by atoms with Gasteiger partial charge in [0.05, 0.1) is 18.6 Å². The van der Waals surface area contributed by atoms with Gasteiger partial charge >= 0.3 is 5.97 Å². The van der Waals surface area contributed by atoms with Gasteiger partial charge in [0.25, 0.3) is 0 Å². The first kappa shape index (κ1) is 21.3. The number of hydrogen-bond acceptors (Lipinski definition) is 3. The zero-order valence-electron chi connectivity index (χ0n) is 15.9. The number of aliphatic carboxylic acids is 1. The van der Waals surface area contributed by atoms with Gasteiger partial charge in [-0.2, -0.15) is 0 Å². The maximum atomic E-state index is 13.3. The molecular formula is C22H29FO4. The fourth-order valence-electron chi connectivity index (χ4n) is 3.61. The van der Waals surface area contributed by atoms with Gasteiger partial charge in [0.1, 0.15) is 5.82 Å². The first-order valence-corrected chi connectivity index (χ1v) is 9.51. The smallest absolute Gasteiger partial charge is 0.305 e. The van der Waals surface area contributed by atoms with Crippen molar-refractivity contribution in [2.24, 2.45) is 11.8 Å². The van der Waals surface area contributed by atoms with Crippen LogP contribution in [0.25, 0.3) is 5.57 Å². The molecule has 5 heteroatoms. The average Bonchev–Trinajstić information content (AvgIpc) is 2.72. The number of hydrogen-bond donors (Lipinski definition) is 3. The highest BCUT2D eigenvalue weighted by Crippen LogP contribution is 2.38. The zero-order chi connectivity index (χ0) is 20.0. The minimum absolute atomic E-state index is 0.0211. The number of benzene rings is 1. The summed E-state index contributed by atoms with van der Waals surface area (Å²) in [5.41, 5.74) is 3.25. The minimum atomic E-state index is -1.09. The van der Waals surface area contributed by atoms with Crippen LogP contribution < -0.4 is 0 Å². The first-order valence-electron chi connectivity index (χ1n) is 9.51. The lowest BCUT2D eigenvalue weighted by Crippen LogP contribution is -2.19. The number of carboxylic acid groups (broad SMARTS) is 1. The standard InChI is InChI=1S/C22H29FO4/c1-14-3-4-15(2)20(10-9-18(24)12-19(25)13-22(26)27)21(11-14)16-5-7-17(23)8-6-16/h5-10,14-15,18-19,24-25H,3-4,11-13H2,1-2H3,(H,26,27). The molecule has 0 fully saturated rings. The van der Waals surface area contributed by atoms with Gasteiger partial charge in [-0.05, 0) is 59.9 Å². The fourth-order valence-corrected chi connectivity index (χ4v) is 3.61. The van der Waals surface area contributed by atoms with E-state index >= 15 is 0 Å². The summed E-state index contributed by atoms with van der Waals surface area (Å²) in [5.74, 6) is -0.552. The van der Waals surface area contributed by atoms with E-state index in [1.807, 2.05) is 6.08 Å². The number of aliphatic hydroxyl groups is 2. The molecule has 4 atom stereocenters. The van der Waals surface area contributed by atoms with Crippen LogP contribution in [0.4, 0.5) is 4.39 Å². The highest BCUT2D eigenvalue weighted by atomic mass is 19.1. The summed E-state index contributed by atoms with van der Waals surface area (Å²) in [6.07, 6.45) is 4.11. The van der Waals surface area contributed by atoms with Gasteiger partial charge in [-0.15, -0.1) is 0 Å². The fraction of sp³-hybridized carbons (Fsp3) is 0.500. The Kier molecular flexibility index (Phi) is 7.75. The number of aliphatic hydroxyl groups excluding tert-OH is 2. The Morgan fingerprint density at radius 1 is 1.22 bits per heavy atom. The molecule has 4 unspecified atom stereocenters. The maximum Gasteiger partial charge on any atom is 0.305 e. The molecule has 1 aliphatic rings. The molecule has 0 heterocycles. The van der Waals surface area contributed by atoms with Crippen molar-refractivity contribution in [1.29, 1.82) is 0 Å². The van der Waals surface area contributed by atoms with Crippen LogP contribution in [0, 0.1) is 17.7 Å². The largest absolute Gasteiger partial charge is 0.481 e. The number of halogens is 1. The van der Waals surface area contributed by atoms with Crippen LogP contribution in [-0.4, -0.2) is 33.5 Å². The molecule has 0 bridgehead atoms. The molecule has 0 amide bonds. The highest BCUT2D eigenvalue weighted by molar-refractivity contribution is 5.72. The quantitative estimate of drug-likeness (QED) is 0.667. The molecule has 3 N–H and O–H groups in total. The Labute approximate surface area is 160 Å². The van der Waals surface area contributed by atoms with Crippen LogP contribution in [0.15, 0.2) is 42.0 Å². The third kappa shape index (κ3) is 6.60. The van der Waals surface area contributed by atoms with Crippen LogP contribution in [0.1, 0.15) is 51.5 Å². The summed E-state index contributed by atoms with van der Waals surface area (Å²) in [6, 6.07) is 6.49. The average molecular weight is 376 g/mol. The van der Waals surface area contributed by atoms with E-state index in [9.17, 15) is 19.4 Å². The van der Waals surface area contributed by atoms with Gasteiger partial charge in [-0.1, -0.05) is 38.1 Å². The van der Waals surface area contributed by atoms with Gasteiger partial charge in [0, 0.05) is 6.42 Å². The van der Waals surface area contributed by atoms with E-state index in [0.717, 1.165) is 36.0 Å². The van der Waals surface area contributed by atoms with E-state index in [1.54, 1.807) is 18.2 Å². The molecule has 1 aliphatic carbocycles. The molecule has 0 aliphatic heterocycles. The van der Waals surface area contributed by atoms with Crippen molar-refractivity contribution < 1.29 is 24.5 Å². The van der Waals surface area contributed by atoms with Crippen LogP contribution in [0.3, 0.4) is 0 Å². The third-order valence-corrected chi connectivity index (χ3v) is 5.14. The Morgan fingerprint density at radius 3 is 2.52 bits per heavy atom. The van der Waals surface area contributed by atoms with Crippen molar-refractivity contribution in [3.05, 3.63) is 53.4 Å². The summed E-state index contributed by atoms with van der Waals surface area (Å²) in [6.45, 7) is 4.35. The Bertz CT molecular complexity index is 693. The number of carboxylic acids is 1. The predicted molar refractivity (Wildman–Crippen MR) is 104 cm³/mol. The molecule has 27 heavy (non-hydrogen) atoms. The monoisotopic (exact) mass is 376 g/mol. The minimum Gasteiger partial charge on any atom is -0.481 e. The summed E-state index contributed by atoms with van der Waals surface area (Å²) >= 11 is 0. The number of rotatable bonds is 7. The van der Waals surface area contributed by atoms with Gasteiger partial charge in [-0.25, -0.2) is 4.39 Å². The molecule has 0 radical (unpaired) electrons. The third-order valence-electron chi connectivity index (χ3n) is 5.14. The normalized spacial score (nSPS) is 23.3. The second kappa shape index (κ2) is 9.81. The van der Waals surface area contributed by atoms with Gasteiger partial charge in [0.2, 0.25) is 0 Å². The lowest BCUT2D eigenvalue weighted by atomic mass is 9.89. The molecule has 1 aromatic carbocycles. The molecular weight excluding hydrogens is 347 g/mol. The second-order valence-corrected chi connectivity index (χ2v) is 7.64. The predicted octanol–water partition coefficient (Wildman–Crippen LogP) is 4.18. The lowest BCUT2D eigenvalue weighted by molar-refractivity contribution is -0.139. The second-order valence-electron chi connectivity index (χ2n) is 7.64. The SMILES string of the molecule is CC1CCC(C)C(C=CC(O)CC(O)CC(=O)O)=C(c2ccc(F)cc2)C1. The van der Waals surface area contributed by atoms with E-state index in [4.69, 9.17) is 5.11 Å². The van der Waals surface area contributed by atoms with Crippen molar-refractivity contribution >= 4 is 11.5 Å². The summed E-state index contributed by atoms with van der Waals surface area (Å²) in [5, 5.41) is 28.6. The van der Waals surface area contributed by atoms with Crippen LogP contribution in [0.5, 0.6) is 0 Å². The zero-order valence-corrected chi connectivity index (χ0v) is 15.9. The maximum absolute atomic E-state index is 13.3. The van der Waals surface area contributed by atoms with Crippen molar-refractivity contribution in [3.8, 4) is 0 Å². The number of carbonyl (C=O) groups is 1. The van der Waals surface area contributed by atoms with Crippen molar-refractivity contribution in [2.75, 3.05) is 0 Å². The molecule has 0 saturated carbocycles. The van der Waals surface area contributed by atoms with E-state index in [-0.39, 0.29) is 18.7 Å². The molecule has 0 saturated heterocycles. The molecule has 2 rings (SSSR count).